The maximum atomic E-state index is 14.2. The lowest BCUT2D eigenvalue weighted by Crippen LogP contribution is -2.42. The van der Waals surface area contributed by atoms with Crippen LogP contribution in [0.25, 0.3) is 0 Å². The van der Waals surface area contributed by atoms with Gasteiger partial charge in [-0.15, -0.1) is 0 Å². The Morgan fingerprint density at radius 2 is 2.00 bits per heavy atom. The molecule has 132 valence electrons. The minimum absolute atomic E-state index is 0.0136. The number of aromatic nitrogens is 1. The number of carbonyl (C=O) groups is 1. The van der Waals surface area contributed by atoms with Crippen LogP contribution in [0.15, 0.2) is 42.6 Å². The third kappa shape index (κ3) is 4.76. The highest BCUT2D eigenvalue weighted by atomic mass is 32.1. The molecule has 0 spiro atoms. The first kappa shape index (κ1) is 18.9. The molecule has 1 aromatic heterocycles. The van der Waals surface area contributed by atoms with Crippen molar-refractivity contribution in [1.29, 1.82) is 0 Å². The molecule has 1 unspecified atom stereocenters. The first-order valence-electron chi connectivity index (χ1n) is 7.51. The first-order valence-corrected chi connectivity index (χ1v) is 7.92. The van der Waals surface area contributed by atoms with Gasteiger partial charge in [0, 0.05) is 23.9 Å². The van der Waals surface area contributed by atoms with Crippen LogP contribution in [0, 0.1) is 5.82 Å². The molecule has 0 aliphatic carbocycles. The second-order valence-corrected chi connectivity index (χ2v) is 5.53. The summed E-state index contributed by atoms with van der Waals surface area (Å²) in [5.41, 5.74) is -0.258. The number of hydrogen-bond acceptors (Lipinski definition) is 3. The highest BCUT2D eigenvalue weighted by Crippen LogP contribution is 2.28. The molecule has 0 aliphatic rings. The average Bonchev–Trinajstić information content (AvgIpc) is 2.57. The maximum Gasteiger partial charge on any atom is 0.263 e. The van der Waals surface area contributed by atoms with Crippen molar-refractivity contribution < 1.29 is 18.0 Å². The van der Waals surface area contributed by atoms with Crippen molar-refractivity contribution >= 4 is 23.2 Å². The number of amides is 1. The van der Waals surface area contributed by atoms with Crippen LogP contribution in [0.1, 0.15) is 36.1 Å². The molecule has 0 bridgehead atoms. The fourth-order valence-electron chi connectivity index (χ4n) is 2.29. The summed E-state index contributed by atoms with van der Waals surface area (Å²) in [6.45, 7) is 2.28. The van der Waals surface area contributed by atoms with E-state index >= 15 is 0 Å². The molecule has 25 heavy (non-hydrogen) atoms. The van der Waals surface area contributed by atoms with Crippen LogP contribution in [0.5, 0.6) is 0 Å². The fraction of sp³-hybridized carbons (Fsp3) is 0.235. The Kier molecular flexibility index (Phi) is 6.46. The van der Waals surface area contributed by atoms with Crippen LogP contribution in [0.3, 0.4) is 0 Å². The standard InChI is InChI=1S/C17H16F3N3OS/c1-2-21-17(25)23-16(24)14(11-5-3-4-6-12(11)18)13-9-10(15(19)20)7-8-22-13/h3-9,14-15H,2H2,1H3,(H2,21,23,24,25). The molecule has 0 saturated heterocycles. The second-order valence-electron chi connectivity index (χ2n) is 5.12. The topological polar surface area (TPSA) is 54.0 Å². The molecule has 1 heterocycles. The minimum Gasteiger partial charge on any atom is -0.363 e. The number of carbonyl (C=O) groups excluding carboxylic acids is 1. The summed E-state index contributed by atoms with van der Waals surface area (Å²) >= 11 is 4.97. The first-order chi connectivity index (χ1) is 11.9. The van der Waals surface area contributed by atoms with Gasteiger partial charge in [-0.1, -0.05) is 18.2 Å². The molecule has 2 N–H and O–H groups in total. The Hall–Kier alpha value is -2.48. The van der Waals surface area contributed by atoms with Gasteiger partial charge in [-0.3, -0.25) is 9.78 Å². The molecule has 1 amide bonds. The number of benzene rings is 1. The summed E-state index contributed by atoms with van der Waals surface area (Å²) in [6.07, 6.45) is -1.56. The van der Waals surface area contributed by atoms with E-state index in [1.54, 1.807) is 13.0 Å². The Morgan fingerprint density at radius 1 is 1.28 bits per heavy atom. The molecule has 4 nitrogen and oxygen atoms in total. The smallest absolute Gasteiger partial charge is 0.263 e. The van der Waals surface area contributed by atoms with Crippen LogP contribution >= 0.6 is 12.2 Å². The van der Waals surface area contributed by atoms with Gasteiger partial charge in [0.25, 0.3) is 6.43 Å². The van der Waals surface area contributed by atoms with Crippen molar-refractivity contribution in [3.63, 3.8) is 0 Å². The number of hydrogen-bond donors (Lipinski definition) is 2. The fourth-order valence-corrected chi connectivity index (χ4v) is 2.54. The third-order valence-electron chi connectivity index (χ3n) is 3.41. The van der Waals surface area contributed by atoms with Crippen molar-refractivity contribution in [1.82, 2.24) is 15.6 Å². The van der Waals surface area contributed by atoms with Crippen LogP contribution < -0.4 is 10.6 Å². The zero-order valence-corrected chi connectivity index (χ0v) is 14.1. The SMILES string of the molecule is CCNC(=S)NC(=O)C(c1cc(C(F)F)ccn1)c1ccccc1F. The molecule has 2 rings (SSSR count). The number of thiocarbonyl (C=S) groups is 1. The van der Waals surface area contributed by atoms with Crippen molar-refractivity contribution in [2.24, 2.45) is 0 Å². The zero-order chi connectivity index (χ0) is 18.4. The lowest BCUT2D eigenvalue weighted by atomic mass is 9.93. The van der Waals surface area contributed by atoms with E-state index in [4.69, 9.17) is 12.2 Å². The predicted octanol–water partition coefficient (Wildman–Crippen LogP) is 3.30. The van der Waals surface area contributed by atoms with Gasteiger partial charge in [0.1, 0.15) is 11.7 Å². The van der Waals surface area contributed by atoms with E-state index < -0.39 is 24.1 Å². The van der Waals surface area contributed by atoms with Gasteiger partial charge in [0.15, 0.2) is 5.11 Å². The summed E-state index contributed by atoms with van der Waals surface area (Å²) in [5, 5.41) is 5.25. The van der Waals surface area contributed by atoms with Gasteiger partial charge in [-0.25, -0.2) is 13.2 Å². The molecule has 0 aliphatic heterocycles. The van der Waals surface area contributed by atoms with Gasteiger partial charge >= 0.3 is 0 Å². The molecule has 2 aromatic rings. The molecule has 0 saturated carbocycles. The Labute approximate surface area is 148 Å². The average molecular weight is 367 g/mol. The summed E-state index contributed by atoms with van der Waals surface area (Å²) in [4.78, 5) is 16.6. The number of halogens is 3. The number of pyridine rings is 1. The highest BCUT2D eigenvalue weighted by molar-refractivity contribution is 7.80. The van der Waals surface area contributed by atoms with E-state index in [9.17, 15) is 18.0 Å². The van der Waals surface area contributed by atoms with Gasteiger partial charge < -0.3 is 10.6 Å². The molecule has 1 atom stereocenters. The number of nitrogens with one attached hydrogen (secondary N) is 2. The maximum absolute atomic E-state index is 14.2. The molecule has 8 heteroatoms. The normalized spacial score (nSPS) is 11.9. The number of nitrogens with zero attached hydrogens (tertiary/aromatic N) is 1. The Bertz CT molecular complexity index is 770. The van der Waals surface area contributed by atoms with E-state index in [2.05, 4.69) is 15.6 Å². The number of rotatable bonds is 5. The number of alkyl halides is 2. The van der Waals surface area contributed by atoms with Crippen LogP contribution in [0.2, 0.25) is 0 Å². The molecule has 1 aromatic carbocycles. The van der Waals surface area contributed by atoms with E-state index in [0.717, 1.165) is 12.1 Å². The van der Waals surface area contributed by atoms with Crippen molar-refractivity contribution in [3.8, 4) is 0 Å². The Balaban J connectivity index is 2.46. The zero-order valence-electron chi connectivity index (χ0n) is 13.3. The van der Waals surface area contributed by atoms with Gasteiger partial charge in [-0.05, 0) is 37.3 Å². The van der Waals surface area contributed by atoms with E-state index in [1.165, 1.54) is 24.4 Å². The predicted molar refractivity (Wildman–Crippen MR) is 91.9 cm³/mol. The largest absolute Gasteiger partial charge is 0.363 e. The van der Waals surface area contributed by atoms with Gasteiger partial charge in [-0.2, -0.15) is 0 Å². The summed E-state index contributed by atoms with van der Waals surface area (Å²) < 4.78 is 40.2. The van der Waals surface area contributed by atoms with E-state index in [0.29, 0.717) is 6.54 Å². The van der Waals surface area contributed by atoms with E-state index in [1.807, 2.05) is 0 Å². The lowest BCUT2D eigenvalue weighted by Gasteiger charge is -2.18. The van der Waals surface area contributed by atoms with Crippen molar-refractivity contribution in [3.05, 3.63) is 65.2 Å². The van der Waals surface area contributed by atoms with Gasteiger partial charge in [0.05, 0.1) is 5.69 Å². The quantitative estimate of drug-likeness (QED) is 0.797. The summed E-state index contributed by atoms with van der Waals surface area (Å²) in [6, 6.07) is 7.87. The van der Waals surface area contributed by atoms with Crippen LogP contribution in [0.4, 0.5) is 13.2 Å². The van der Waals surface area contributed by atoms with Gasteiger partial charge in [0.2, 0.25) is 5.91 Å². The molecular weight excluding hydrogens is 351 g/mol. The second kappa shape index (κ2) is 8.57. The molecule has 0 fully saturated rings. The summed E-state index contributed by atoms with van der Waals surface area (Å²) in [7, 11) is 0. The van der Waals surface area contributed by atoms with Crippen LogP contribution in [-0.4, -0.2) is 22.5 Å². The van der Waals surface area contributed by atoms with Crippen LogP contribution in [-0.2, 0) is 4.79 Å². The third-order valence-corrected chi connectivity index (χ3v) is 3.65. The molecule has 0 radical (unpaired) electrons. The Morgan fingerprint density at radius 3 is 2.64 bits per heavy atom. The monoisotopic (exact) mass is 367 g/mol. The lowest BCUT2D eigenvalue weighted by molar-refractivity contribution is -0.120. The minimum atomic E-state index is -2.73. The van der Waals surface area contributed by atoms with Crippen molar-refractivity contribution in [2.45, 2.75) is 19.3 Å². The summed E-state index contributed by atoms with van der Waals surface area (Å²) in [5.74, 6) is -2.51. The van der Waals surface area contributed by atoms with Crippen molar-refractivity contribution in [2.75, 3.05) is 6.54 Å². The molecular formula is C17H16F3N3OS. The highest BCUT2D eigenvalue weighted by Gasteiger charge is 2.28. The van der Waals surface area contributed by atoms with E-state index in [-0.39, 0.29) is 21.9 Å².